The molecule has 0 bridgehead atoms. The van der Waals surface area contributed by atoms with Crippen LogP contribution < -0.4 is 10.8 Å². The lowest BCUT2D eigenvalue weighted by Gasteiger charge is -2.24. The normalized spacial score (nSPS) is 12.4. The first-order chi connectivity index (χ1) is 14.3. The van der Waals surface area contributed by atoms with E-state index in [9.17, 15) is 9.59 Å². The lowest BCUT2D eigenvalue weighted by molar-refractivity contribution is -0.0709. The Morgan fingerprint density at radius 3 is 2.20 bits per heavy atom. The maximum Gasteiger partial charge on any atom is 0.251 e. The molecule has 162 valence electrons. The highest BCUT2D eigenvalue weighted by molar-refractivity contribution is 7.99. The van der Waals surface area contributed by atoms with E-state index < -0.39 is 5.60 Å². The average Bonchev–Trinajstić information content (AvgIpc) is 2.73. The number of benzene rings is 2. The van der Waals surface area contributed by atoms with Gasteiger partial charge in [0.25, 0.3) is 5.91 Å². The van der Waals surface area contributed by atoms with Crippen molar-refractivity contribution in [2.45, 2.75) is 44.6 Å². The predicted molar refractivity (Wildman–Crippen MR) is 123 cm³/mol. The van der Waals surface area contributed by atoms with E-state index in [0.29, 0.717) is 17.7 Å². The minimum atomic E-state index is -0.524. The van der Waals surface area contributed by atoms with Crippen molar-refractivity contribution in [3.8, 4) is 0 Å². The highest BCUT2D eigenvalue weighted by Crippen LogP contribution is 2.25. The molecule has 2 rings (SSSR count). The Morgan fingerprint density at radius 1 is 1.03 bits per heavy atom. The lowest BCUT2D eigenvalue weighted by atomic mass is 9.96. The number of aryl methyl sites for hydroxylation is 1. The van der Waals surface area contributed by atoms with Crippen LogP contribution in [0, 0.1) is 12.8 Å². The smallest absolute Gasteiger partial charge is 0.251 e. The van der Waals surface area contributed by atoms with Gasteiger partial charge in [0.1, 0.15) is 5.60 Å². The fourth-order valence-electron chi connectivity index (χ4n) is 2.94. The van der Waals surface area contributed by atoms with Gasteiger partial charge >= 0.3 is 0 Å². The van der Waals surface area contributed by atoms with Gasteiger partial charge in [-0.3, -0.25) is 14.4 Å². The minimum absolute atomic E-state index is 0.0597. The van der Waals surface area contributed by atoms with Gasteiger partial charge in [-0.1, -0.05) is 36.8 Å². The SMILES string of the molecule is CCC(CSc1ccc(C)cc1)C(=O)c1ccc(C(=O)NCC(C)(C)ONC)cc1. The fourth-order valence-corrected chi connectivity index (χ4v) is 4.05. The number of hydrogen-bond donors (Lipinski definition) is 2. The zero-order valence-corrected chi connectivity index (χ0v) is 19.3. The average molecular weight is 429 g/mol. The second-order valence-corrected chi connectivity index (χ2v) is 9.01. The maximum atomic E-state index is 12.9. The molecule has 6 heteroatoms. The number of ketones is 1. The van der Waals surface area contributed by atoms with E-state index in [0.717, 1.165) is 12.2 Å². The second kappa shape index (κ2) is 11.3. The van der Waals surface area contributed by atoms with E-state index in [4.69, 9.17) is 4.84 Å². The first-order valence-electron chi connectivity index (χ1n) is 10.2. The van der Waals surface area contributed by atoms with Crippen molar-refractivity contribution in [1.29, 1.82) is 0 Å². The number of Topliss-reactive ketones (excluding diaryl/α,β-unsaturated/α-hetero) is 1. The van der Waals surface area contributed by atoms with Gasteiger partial charge in [0.15, 0.2) is 5.78 Å². The summed E-state index contributed by atoms with van der Waals surface area (Å²) in [5.41, 5.74) is 4.51. The molecule has 2 aromatic carbocycles. The second-order valence-electron chi connectivity index (χ2n) is 7.92. The summed E-state index contributed by atoms with van der Waals surface area (Å²) in [6, 6.07) is 15.2. The van der Waals surface area contributed by atoms with Crippen LogP contribution in [0.1, 0.15) is 53.5 Å². The van der Waals surface area contributed by atoms with Crippen LogP contribution in [0.4, 0.5) is 0 Å². The van der Waals surface area contributed by atoms with E-state index in [1.165, 1.54) is 10.5 Å². The molecule has 30 heavy (non-hydrogen) atoms. The van der Waals surface area contributed by atoms with Crippen LogP contribution in [0.3, 0.4) is 0 Å². The molecule has 1 atom stereocenters. The van der Waals surface area contributed by atoms with Gasteiger partial charge in [-0.15, -0.1) is 11.8 Å². The quantitative estimate of drug-likeness (QED) is 0.310. The Labute approximate surface area is 183 Å². The number of nitrogens with one attached hydrogen (secondary N) is 2. The number of thioether (sulfide) groups is 1. The topological polar surface area (TPSA) is 67.4 Å². The van der Waals surface area contributed by atoms with Crippen LogP contribution in [0.2, 0.25) is 0 Å². The summed E-state index contributed by atoms with van der Waals surface area (Å²) in [5, 5.41) is 2.86. The summed E-state index contributed by atoms with van der Waals surface area (Å²) in [6.45, 7) is 8.22. The van der Waals surface area contributed by atoms with Crippen molar-refractivity contribution >= 4 is 23.5 Å². The fraction of sp³-hybridized carbons (Fsp3) is 0.417. The Hall–Kier alpha value is -2.15. The van der Waals surface area contributed by atoms with E-state index in [1.807, 2.05) is 20.8 Å². The highest BCUT2D eigenvalue weighted by atomic mass is 32.2. The van der Waals surface area contributed by atoms with Gasteiger partial charge in [-0.05, 0) is 51.5 Å². The summed E-state index contributed by atoms with van der Waals surface area (Å²) >= 11 is 1.70. The van der Waals surface area contributed by atoms with Crippen LogP contribution >= 0.6 is 11.8 Å². The molecule has 0 aromatic heterocycles. The largest absolute Gasteiger partial charge is 0.349 e. The van der Waals surface area contributed by atoms with E-state index >= 15 is 0 Å². The van der Waals surface area contributed by atoms with Gasteiger partial charge < -0.3 is 5.32 Å². The number of hydrogen-bond acceptors (Lipinski definition) is 5. The van der Waals surface area contributed by atoms with Gasteiger partial charge in [0.05, 0.1) is 0 Å². The molecule has 0 aliphatic heterocycles. The molecule has 1 unspecified atom stereocenters. The monoisotopic (exact) mass is 428 g/mol. The first kappa shape index (κ1) is 24.1. The molecule has 0 saturated heterocycles. The zero-order chi connectivity index (χ0) is 22.1. The summed E-state index contributed by atoms with van der Waals surface area (Å²) in [5.74, 6) is 0.605. The Kier molecular flexibility index (Phi) is 9.08. The number of rotatable bonds is 11. The van der Waals surface area contributed by atoms with Crippen molar-refractivity contribution in [3.05, 3.63) is 65.2 Å². The van der Waals surface area contributed by atoms with Crippen LogP contribution in [-0.2, 0) is 4.84 Å². The molecule has 0 spiro atoms. The van der Waals surface area contributed by atoms with Gasteiger partial charge in [0, 0.05) is 41.3 Å². The van der Waals surface area contributed by atoms with Crippen molar-refractivity contribution in [2.75, 3.05) is 19.3 Å². The van der Waals surface area contributed by atoms with Crippen LogP contribution in [-0.4, -0.2) is 36.6 Å². The van der Waals surface area contributed by atoms with E-state index in [-0.39, 0.29) is 17.6 Å². The molecule has 1 amide bonds. The van der Waals surface area contributed by atoms with E-state index in [1.54, 1.807) is 43.1 Å². The summed E-state index contributed by atoms with van der Waals surface area (Å²) < 4.78 is 0. The number of amides is 1. The summed E-state index contributed by atoms with van der Waals surface area (Å²) in [7, 11) is 1.68. The summed E-state index contributed by atoms with van der Waals surface area (Å²) in [6.07, 6.45) is 0.778. The van der Waals surface area contributed by atoms with Gasteiger partial charge in [-0.2, -0.15) is 0 Å². The molecule has 0 saturated carbocycles. The lowest BCUT2D eigenvalue weighted by Crippen LogP contribution is -2.42. The molecule has 5 nitrogen and oxygen atoms in total. The predicted octanol–water partition coefficient (Wildman–Crippen LogP) is 4.66. The molecular formula is C24H32N2O3S. The molecule has 0 fully saturated rings. The van der Waals surface area contributed by atoms with E-state index in [2.05, 4.69) is 42.0 Å². The maximum absolute atomic E-state index is 12.9. The third-order valence-corrected chi connectivity index (χ3v) is 5.99. The Bertz CT molecular complexity index is 833. The molecule has 0 aliphatic carbocycles. The van der Waals surface area contributed by atoms with Gasteiger partial charge in [-0.25, -0.2) is 5.48 Å². The third kappa shape index (κ3) is 7.27. The Balaban J connectivity index is 1.95. The number of carbonyl (C=O) groups is 2. The van der Waals surface area contributed by atoms with Crippen molar-refractivity contribution in [1.82, 2.24) is 10.8 Å². The standard InChI is InChI=1S/C24H32N2O3S/c1-6-18(15-30-21-13-7-17(2)8-14-21)22(27)19-9-11-20(12-10-19)23(28)26-16-24(3,4)29-25-5/h7-14,18,25H,6,15-16H2,1-5H3,(H,26,28). The van der Waals surface area contributed by atoms with Crippen LogP contribution in [0.5, 0.6) is 0 Å². The first-order valence-corrected chi connectivity index (χ1v) is 11.2. The molecule has 0 aliphatic rings. The molecular weight excluding hydrogens is 396 g/mol. The third-order valence-electron chi connectivity index (χ3n) is 4.82. The van der Waals surface area contributed by atoms with Crippen molar-refractivity contribution in [2.24, 2.45) is 5.92 Å². The molecule has 2 aromatic rings. The minimum Gasteiger partial charge on any atom is -0.349 e. The molecule has 0 heterocycles. The van der Waals surface area contributed by atoms with Crippen LogP contribution in [0.15, 0.2) is 53.4 Å². The van der Waals surface area contributed by atoms with Gasteiger partial charge in [0.2, 0.25) is 0 Å². The number of carbonyl (C=O) groups excluding carboxylic acids is 2. The highest BCUT2D eigenvalue weighted by Gasteiger charge is 2.21. The van der Waals surface area contributed by atoms with Crippen LogP contribution in [0.25, 0.3) is 0 Å². The molecule has 2 N–H and O–H groups in total. The van der Waals surface area contributed by atoms with Crippen molar-refractivity contribution in [3.63, 3.8) is 0 Å². The number of hydroxylamine groups is 1. The molecule has 0 radical (unpaired) electrons. The Morgan fingerprint density at radius 2 is 1.63 bits per heavy atom. The zero-order valence-electron chi connectivity index (χ0n) is 18.5. The van der Waals surface area contributed by atoms with Crippen molar-refractivity contribution < 1.29 is 14.4 Å². The summed E-state index contributed by atoms with van der Waals surface area (Å²) in [4.78, 5) is 31.8.